The number of fused-ring (bicyclic) bond motifs is 2. The molecule has 5 rings (SSSR count). The summed E-state index contributed by atoms with van der Waals surface area (Å²) in [5.41, 5.74) is 5.24. The van der Waals surface area contributed by atoms with Crippen molar-refractivity contribution in [3.05, 3.63) is 59.3 Å². The minimum Gasteiger partial charge on any atom is -0.486 e. The van der Waals surface area contributed by atoms with E-state index in [2.05, 4.69) is 46.5 Å². The summed E-state index contributed by atoms with van der Waals surface area (Å²) in [7, 11) is 0. The fraction of sp³-hybridized carbons (Fsp3) is 0.464. The molecule has 2 aliphatic heterocycles. The highest BCUT2D eigenvalue weighted by Gasteiger charge is 2.28. The van der Waals surface area contributed by atoms with Gasteiger partial charge < -0.3 is 19.8 Å². The first-order valence-electron chi connectivity index (χ1n) is 12.6. The van der Waals surface area contributed by atoms with Crippen molar-refractivity contribution >= 4 is 16.8 Å². The minimum atomic E-state index is -0.115. The molecule has 3 heterocycles. The molecule has 34 heavy (non-hydrogen) atoms. The van der Waals surface area contributed by atoms with Gasteiger partial charge in [-0.1, -0.05) is 31.2 Å². The van der Waals surface area contributed by atoms with Gasteiger partial charge in [0.2, 0.25) is 5.91 Å². The molecule has 0 saturated carbocycles. The van der Waals surface area contributed by atoms with Crippen LogP contribution in [-0.2, 0) is 17.6 Å². The SMILES string of the molecule is CCc1cccc2c(C3CCN(C(C)C(=O)NCCc4ccc5c(c4)OCCO5)CC3)c[nH]c12. The maximum absolute atomic E-state index is 12.8. The van der Waals surface area contributed by atoms with E-state index in [9.17, 15) is 4.79 Å². The molecule has 1 saturated heterocycles. The topological polar surface area (TPSA) is 66.6 Å². The molecule has 1 amide bonds. The highest BCUT2D eigenvalue weighted by molar-refractivity contribution is 5.86. The standard InChI is InChI=1S/C28H35N3O3/c1-3-21-5-4-6-23-24(18-30-27(21)23)22-10-13-31(14-11-22)19(2)28(32)29-12-9-20-7-8-25-26(17-20)34-16-15-33-25/h4-8,17-19,22,30H,3,9-16H2,1-2H3,(H,29,32). The number of likely N-dealkylation sites (tertiary alicyclic amines) is 1. The predicted molar refractivity (Wildman–Crippen MR) is 135 cm³/mol. The number of hydrogen-bond donors (Lipinski definition) is 2. The number of para-hydroxylation sites is 1. The van der Waals surface area contributed by atoms with Crippen molar-refractivity contribution < 1.29 is 14.3 Å². The number of benzene rings is 2. The summed E-state index contributed by atoms with van der Waals surface area (Å²) in [5, 5.41) is 4.49. The zero-order chi connectivity index (χ0) is 23.5. The van der Waals surface area contributed by atoms with Crippen LogP contribution in [0, 0.1) is 0 Å². The van der Waals surface area contributed by atoms with Crippen LogP contribution >= 0.6 is 0 Å². The van der Waals surface area contributed by atoms with Gasteiger partial charge in [-0.05, 0) is 80.4 Å². The fourth-order valence-corrected chi connectivity index (χ4v) is 5.36. The summed E-state index contributed by atoms with van der Waals surface area (Å²) in [4.78, 5) is 18.7. The molecule has 1 atom stereocenters. The summed E-state index contributed by atoms with van der Waals surface area (Å²) in [6.45, 7) is 7.92. The molecule has 2 aliphatic rings. The second-order valence-electron chi connectivity index (χ2n) is 9.44. The third kappa shape index (κ3) is 4.64. The molecule has 1 aromatic heterocycles. The number of nitrogens with one attached hydrogen (secondary N) is 2. The first kappa shape index (κ1) is 22.8. The second-order valence-corrected chi connectivity index (χ2v) is 9.44. The Hall–Kier alpha value is -2.99. The molecule has 2 aromatic carbocycles. The first-order valence-corrected chi connectivity index (χ1v) is 12.6. The monoisotopic (exact) mass is 461 g/mol. The van der Waals surface area contributed by atoms with Crippen molar-refractivity contribution in [2.45, 2.75) is 51.5 Å². The molecule has 6 heteroatoms. The highest BCUT2D eigenvalue weighted by atomic mass is 16.6. The molecule has 0 spiro atoms. The number of H-pyrrole nitrogens is 1. The molecular weight excluding hydrogens is 426 g/mol. The van der Waals surface area contributed by atoms with Gasteiger partial charge in [-0.2, -0.15) is 0 Å². The summed E-state index contributed by atoms with van der Waals surface area (Å²) >= 11 is 0. The van der Waals surface area contributed by atoms with Crippen LogP contribution in [-0.4, -0.2) is 54.7 Å². The van der Waals surface area contributed by atoms with Crippen LogP contribution in [0.3, 0.4) is 0 Å². The van der Waals surface area contributed by atoms with Crippen molar-refractivity contribution in [3.63, 3.8) is 0 Å². The van der Waals surface area contributed by atoms with Crippen LogP contribution in [0.2, 0.25) is 0 Å². The van der Waals surface area contributed by atoms with E-state index in [1.807, 2.05) is 25.1 Å². The first-order chi connectivity index (χ1) is 16.6. The molecule has 3 aromatic rings. The van der Waals surface area contributed by atoms with Gasteiger partial charge >= 0.3 is 0 Å². The van der Waals surface area contributed by atoms with Gasteiger partial charge in [0.25, 0.3) is 0 Å². The lowest BCUT2D eigenvalue weighted by Crippen LogP contribution is -2.48. The average Bonchev–Trinajstić information content (AvgIpc) is 3.32. The van der Waals surface area contributed by atoms with E-state index in [1.54, 1.807) is 0 Å². The predicted octanol–water partition coefficient (Wildman–Crippen LogP) is 4.43. The number of aromatic nitrogens is 1. The lowest BCUT2D eigenvalue weighted by atomic mass is 9.88. The van der Waals surface area contributed by atoms with Crippen molar-refractivity contribution in [2.24, 2.45) is 0 Å². The highest BCUT2D eigenvalue weighted by Crippen LogP contribution is 2.35. The maximum Gasteiger partial charge on any atom is 0.237 e. The Balaban J connectivity index is 1.12. The Bertz CT molecular complexity index is 1150. The average molecular weight is 462 g/mol. The summed E-state index contributed by atoms with van der Waals surface area (Å²) in [6, 6.07) is 12.5. The smallest absolute Gasteiger partial charge is 0.237 e. The van der Waals surface area contributed by atoms with Crippen LogP contribution in [0.5, 0.6) is 11.5 Å². The van der Waals surface area contributed by atoms with E-state index in [0.29, 0.717) is 25.7 Å². The summed E-state index contributed by atoms with van der Waals surface area (Å²) in [5.74, 6) is 2.25. The van der Waals surface area contributed by atoms with Crippen LogP contribution in [0.1, 0.15) is 49.3 Å². The molecule has 2 N–H and O–H groups in total. The summed E-state index contributed by atoms with van der Waals surface area (Å²) in [6.07, 6.45) is 6.18. The number of aromatic amines is 1. The minimum absolute atomic E-state index is 0.107. The van der Waals surface area contributed by atoms with E-state index in [4.69, 9.17) is 9.47 Å². The number of aryl methyl sites for hydroxylation is 1. The molecule has 1 unspecified atom stereocenters. The molecule has 180 valence electrons. The Morgan fingerprint density at radius 2 is 1.94 bits per heavy atom. The quantitative estimate of drug-likeness (QED) is 0.546. The zero-order valence-corrected chi connectivity index (χ0v) is 20.2. The van der Waals surface area contributed by atoms with Crippen LogP contribution < -0.4 is 14.8 Å². The Labute approximate surface area is 201 Å². The van der Waals surface area contributed by atoms with Crippen LogP contribution in [0.15, 0.2) is 42.6 Å². The number of hydrogen-bond acceptors (Lipinski definition) is 4. The van der Waals surface area contributed by atoms with Crippen molar-refractivity contribution in [1.29, 1.82) is 0 Å². The van der Waals surface area contributed by atoms with Crippen LogP contribution in [0.25, 0.3) is 10.9 Å². The number of amides is 1. The molecule has 0 bridgehead atoms. The largest absolute Gasteiger partial charge is 0.486 e. The van der Waals surface area contributed by atoms with Gasteiger partial charge in [-0.3, -0.25) is 9.69 Å². The zero-order valence-electron chi connectivity index (χ0n) is 20.2. The molecule has 6 nitrogen and oxygen atoms in total. The maximum atomic E-state index is 12.8. The second kappa shape index (κ2) is 10.1. The van der Waals surface area contributed by atoms with E-state index < -0.39 is 0 Å². The van der Waals surface area contributed by atoms with Gasteiger partial charge in [0.05, 0.1) is 6.04 Å². The lowest BCUT2D eigenvalue weighted by Gasteiger charge is -2.35. The Kier molecular flexibility index (Phi) is 6.77. The third-order valence-electron chi connectivity index (χ3n) is 7.43. The van der Waals surface area contributed by atoms with E-state index in [1.165, 1.54) is 22.0 Å². The Morgan fingerprint density at radius 1 is 1.15 bits per heavy atom. The van der Waals surface area contributed by atoms with Crippen molar-refractivity contribution in [2.75, 3.05) is 32.8 Å². The van der Waals surface area contributed by atoms with Crippen molar-refractivity contribution in [3.8, 4) is 11.5 Å². The Morgan fingerprint density at radius 3 is 2.74 bits per heavy atom. The lowest BCUT2D eigenvalue weighted by molar-refractivity contribution is -0.126. The van der Waals surface area contributed by atoms with Gasteiger partial charge in [0, 0.05) is 23.6 Å². The van der Waals surface area contributed by atoms with Gasteiger partial charge in [0.15, 0.2) is 11.5 Å². The number of carbonyl (C=O) groups is 1. The van der Waals surface area contributed by atoms with E-state index in [0.717, 1.165) is 55.8 Å². The summed E-state index contributed by atoms with van der Waals surface area (Å²) < 4.78 is 11.2. The normalized spacial score (nSPS) is 17.6. The van der Waals surface area contributed by atoms with E-state index in [-0.39, 0.29) is 11.9 Å². The molecular formula is C28H35N3O3. The number of rotatable bonds is 7. The number of nitrogens with zero attached hydrogens (tertiary/aromatic N) is 1. The fourth-order valence-electron chi connectivity index (χ4n) is 5.36. The van der Waals surface area contributed by atoms with E-state index >= 15 is 0 Å². The third-order valence-corrected chi connectivity index (χ3v) is 7.43. The van der Waals surface area contributed by atoms with Crippen molar-refractivity contribution in [1.82, 2.24) is 15.2 Å². The molecule has 0 radical (unpaired) electrons. The van der Waals surface area contributed by atoms with Gasteiger partial charge in [-0.15, -0.1) is 0 Å². The number of ether oxygens (including phenoxy) is 2. The van der Waals surface area contributed by atoms with Gasteiger partial charge in [-0.25, -0.2) is 0 Å². The molecule has 0 aliphatic carbocycles. The number of piperidine rings is 1. The molecule has 1 fully saturated rings. The van der Waals surface area contributed by atoms with Gasteiger partial charge in [0.1, 0.15) is 13.2 Å². The number of carbonyl (C=O) groups excluding carboxylic acids is 1. The van der Waals surface area contributed by atoms with Crippen LogP contribution in [0.4, 0.5) is 0 Å².